The van der Waals surface area contributed by atoms with Crippen LogP contribution >= 0.6 is 11.3 Å². The molecule has 3 nitrogen and oxygen atoms in total. The molecule has 2 aromatic heterocycles. The zero-order chi connectivity index (χ0) is 13.7. The van der Waals surface area contributed by atoms with Gasteiger partial charge >= 0.3 is 0 Å². The van der Waals surface area contributed by atoms with E-state index in [1.807, 2.05) is 13.0 Å². The molecule has 0 aliphatic heterocycles. The largest absolute Gasteiger partial charge is 0.464 e. The van der Waals surface area contributed by atoms with E-state index in [-0.39, 0.29) is 0 Å². The van der Waals surface area contributed by atoms with Crippen molar-refractivity contribution < 1.29 is 9.15 Å². The van der Waals surface area contributed by atoms with Gasteiger partial charge in [-0.1, -0.05) is 19.9 Å². The topological polar surface area (TPSA) is 34.4 Å². The molecule has 0 radical (unpaired) electrons. The molecule has 2 heterocycles. The van der Waals surface area contributed by atoms with Crippen LogP contribution in [0.2, 0.25) is 0 Å². The number of hydrogen-bond donors (Lipinski definition) is 1. The van der Waals surface area contributed by atoms with Gasteiger partial charge in [-0.25, -0.2) is 0 Å². The standard InChI is InChI=1S/C15H21NO2S/c1-11(2)16-8-13-7-14(18-12(13)3)9-17-10-15-5-4-6-19-15/h4-7,11,16H,8-10H2,1-3H3. The summed E-state index contributed by atoms with van der Waals surface area (Å²) in [5.41, 5.74) is 1.21. The molecule has 0 aliphatic rings. The first-order valence-electron chi connectivity index (χ1n) is 6.57. The molecule has 19 heavy (non-hydrogen) atoms. The molecule has 104 valence electrons. The van der Waals surface area contributed by atoms with Gasteiger partial charge in [-0.05, 0) is 24.4 Å². The number of thiophene rings is 1. The first kappa shape index (κ1) is 14.3. The van der Waals surface area contributed by atoms with Gasteiger partial charge in [0.25, 0.3) is 0 Å². The second kappa shape index (κ2) is 6.89. The minimum Gasteiger partial charge on any atom is -0.464 e. The van der Waals surface area contributed by atoms with Crippen LogP contribution in [0, 0.1) is 6.92 Å². The molecular weight excluding hydrogens is 258 g/mol. The summed E-state index contributed by atoms with van der Waals surface area (Å²) < 4.78 is 11.4. The summed E-state index contributed by atoms with van der Waals surface area (Å²) >= 11 is 1.71. The Morgan fingerprint density at radius 2 is 2.21 bits per heavy atom. The van der Waals surface area contributed by atoms with Gasteiger partial charge in [0.05, 0.1) is 6.61 Å². The smallest absolute Gasteiger partial charge is 0.130 e. The average molecular weight is 279 g/mol. The van der Waals surface area contributed by atoms with E-state index in [0.717, 1.165) is 18.1 Å². The van der Waals surface area contributed by atoms with E-state index in [1.54, 1.807) is 11.3 Å². The van der Waals surface area contributed by atoms with Crippen molar-refractivity contribution in [1.82, 2.24) is 5.32 Å². The molecule has 0 saturated heterocycles. The molecule has 2 aromatic rings. The van der Waals surface area contributed by atoms with Gasteiger partial charge in [0.15, 0.2) is 0 Å². The van der Waals surface area contributed by atoms with Crippen molar-refractivity contribution >= 4 is 11.3 Å². The average Bonchev–Trinajstić information content (AvgIpc) is 2.97. The predicted molar refractivity (Wildman–Crippen MR) is 78.2 cm³/mol. The van der Waals surface area contributed by atoms with Crippen molar-refractivity contribution in [3.8, 4) is 0 Å². The van der Waals surface area contributed by atoms with Gasteiger partial charge in [-0.2, -0.15) is 0 Å². The van der Waals surface area contributed by atoms with Gasteiger partial charge in [0, 0.05) is 23.0 Å². The Bertz CT molecular complexity index is 488. The van der Waals surface area contributed by atoms with Gasteiger partial charge in [0.2, 0.25) is 0 Å². The summed E-state index contributed by atoms with van der Waals surface area (Å²) in [4.78, 5) is 1.24. The fourth-order valence-electron chi connectivity index (χ4n) is 1.80. The molecule has 0 fully saturated rings. The molecule has 0 saturated carbocycles. The Balaban J connectivity index is 1.82. The maximum absolute atomic E-state index is 5.70. The number of rotatable bonds is 7. The first-order valence-corrected chi connectivity index (χ1v) is 7.45. The highest BCUT2D eigenvalue weighted by Crippen LogP contribution is 2.17. The molecule has 1 N–H and O–H groups in total. The number of aryl methyl sites for hydroxylation is 1. The number of furan rings is 1. The van der Waals surface area contributed by atoms with Crippen molar-refractivity contribution in [2.45, 2.75) is 46.6 Å². The summed E-state index contributed by atoms with van der Waals surface area (Å²) in [6, 6.07) is 6.68. The minimum absolute atomic E-state index is 0.479. The molecule has 2 rings (SSSR count). The van der Waals surface area contributed by atoms with Crippen LogP contribution in [0.5, 0.6) is 0 Å². The van der Waals surface area contributed by atoms with Crippen molar-refractivity contribution in [3.05, 3.63) is 45.5 Å². The summed E-state index contributed by atoms with van der Waals surface area (Å²) in [7, 11) is 0. The van der Waals surface area contributed by atoms with E-state index in [0.29, 0.717) is 19.3 Å². The molecule has 0 bridgehead atoms. The summed E-state index contributed by atoms with van der Waals surface area (Å²) in [6.07, 6.45) is 0. The Kier molecular flexibility index (Phi) is 5.19. The van der Waals surface area contributed by atoms with Crippen molar-refractivity contribution in [2.24, 2.45) is 0 Å². The Morgan fingerprint density at radius 1 is 1.37 bits per heavy atom. The number of ether oxygens (including phenoxy) is 1. The Labute approximate surface area is 118 Å². The third-order valence-electron chi connectivity index (χ3n) is 2.84. The van der Waals surface area contributed by atoms with Crippen LogP contribution in [-0.2, 0) is 24.5 Å². The van der Waals surface area contributed by atoms with Crippen LogP contribution in [0.15, 0.2) is 28.0 Å². The van der Waals surface area contributed by atoms with Gasteiger partial charge in [-0.15, -0.1) is 11.3 Å². The van der Waals surface area contributed by atoms with E-state index in [9.17, 15) is 0 Å². The van der Waals surface area contributed by atoms with Crippen molar-refractivity contribution in [1.29, 1.82) is 0 Å². The molecule has 0 aromatic carbocycles. The fraction of sp³-hybridized carbons (Fsp3) is 0.467. The van der Waals surface area contributed by atoms with Gasteiger partial charge < -0.3 is 14.5 Å². The summed E-state index contributed by atoms with van der Waals surface area (Å²) in [6.45, 7) is 8.30. The van der Waals surface area contributed by atoms with E-state index in [2.05, 4.69) is 36.7 Å². The van der Waals surface area contributed by atoms with Crippen molar-refractivity contribution in [2.75, 3.05) is 0 Å². The highest BCUT2D eigenvalue weighted by Gasteiger charge is 2.08. The second-order valence-corrected chi connectivity index (χ2v) is 5.93. The molecular formula is C15H21NO2S. The number of nitrogens with one attached hydrogen (secondary N) is 1. The highest BCUT2D eigenvalue weighted by atomic mass is 32.1. The maximum atomic E-state index is 5.70. The van der Waals surface area contributed by atoms with E-state index < -0.39 is 0 Å². The predicted octanol–water partition coefficient (Wildman–Crippen LogP) is 3.86. The molecule has 4 heteroatoms. The number of hydrogen-bond acceptors (Lipinski definition) is 4. The summed E-state index contributed by atoms with van der Waals surface area (Å²) in [5, 5.41) is 5.46. The molecule has 0 unspecified atom stereocenters. The van der Waals surface area contributed by atoms with Crippen molar-refractivity contribution in [3.63, 3.8) is 0 Å². The van der Waals surface area contributed by atoms with E-state index >= 15 is 0 Å². The third kappa shape index (κ3) is 4.49. The van der Waals surface area contributed by atoms with Crippen LogP contribution < -0.4 is 5.32 Å². The third-order valence-corrected chi connectivity index (χ3v) is 3.69. The van der Waals surface area contributed by atoms with Gasteiger partial charge in [-0.3, -0.25) is 0 Å². The van der Waals surface area contributed by atoms with Crippen LogP contribution in [0.1, 0.15) is 35.8 Å². The highest BCUT2D eigenvalue weighted by molar-refractivity contribution is 7.09. The van der Waals surface area contributed by atoms with Gasteiger partial charge in [0.1, 0.15) is 18.1 Å². The molecule has 0 aliphatic carbocycles. The quantitative estimate of drug-likeness (QED) is 0.835. The van der Waals surface area contributed by atoms with Crippen LogP contribution in [0.3, 0.4) is 0 Å². The molecule has 0 atom stereocenters. The Morgan fingerprint density at radius 3 is 2.89 bits per heavy atom. The second-order valence-electron chi connectivity index (χ2n) is 4.90. The summed E-state index contributed by atoms with van der Waals surface area (Å²) in [5.74, 6) is 1.87. The van der Waals surface area contributed by atoms with Crippen LogP contribution in [0.4, 0.5) is 0 Å². The first-order chi connectivity index (χ1) is 9.15. The Hall–Kier alpha value is -1.10. The van der Waals surface area contributed by atoms with Crippen LogP contribution in [0.25, 0.3) is 0 Å². The lowest BCUT2D eigenvalue weighted by atomic mass is 10.2. The van der Waals surface area contributed by atoms with E-state index in [4.69, 9.17) is 9.15 Å². The molecule has 0 spiro atoms. The lowest BCUT2D eigenvalue weighted by Crippen LogP contribution is -2.21. The zero-order valence-electron chi connectivity index (χ0n) is 11.7. The SMILES string of the molecule is Cc1oc(COCc2cccs2)cc1CNC(C)C. The van der Waals surface area contributed by atoms with Crippen LogP contribution in [-0.4, -0.2) is 6.04 Å². The normalized spacial score (nSPS) is 11.4. The minimum atomic E-state index is 0.479. The molecule has 0 amide bonds. The zero-order valence-corrected chi connectivity index (χ0v) is 12.5. The van der Waals surface area contributed by atoms with E-state index in [1.165, 1.54) is 10.4 Å². The fourth-order valence-corrected chi connectivity index (χ4v) is 2.44. The maximum Gasteiger partial charge on any atom is 0.130 e. The lowest BCUT2D eigenvalue weighted by Gasteiger charge is -2.05. The monoisotopic (exact) mass is 279 g/mol. The lowest BCUT2D eigenvalue weighted by molar-refractivity contribution is 0.0942.